The maximum absolute atomic E-state index is 12.3. The molecule has 0 atom stereocenters. The molecule has 0 aliphatic carbocycles. The van der Waals surface area contributed by atoms with Crippen molar-refractivity contribution in [2.24, 2.45) is 0 Å². The molecule has 6 nitrogen and oxygen atoms in total. The van der Waals surface area contributed by atoms with Crippen LogP contribution in [0.25, 0.3) is 0 Å². The summed E-state index contributed by atoms with van der Waals surface area (Å²) in [5, 5.41) is 15.4. The summed E-state index contributed by atoms with van der Waals surface area (Å²) >= 11 is 6.12. The maximum Gasteiger partial charge on any atom is 0.257 e. The first-order valence-electron chi connectivity index (χ1n) is 8.39. The van der Waals surface area contributed by atoms with E-state index in [1.54, 1.807) is 49.6 Å². The molecule has 0 unspecified atom stereocenters. The molecule has 2 aromatic carbocycles. The number of hydrogen-bond acceptors (Lipinski definition) is 5. The van der Waals surface area contributed by atoms with Crippen LogP contribution < -0.4 is 15.4 Å². The fourth-order valence-electron chi connectivity index (χ4n) is 2.50. The van der Waals surface area contributed by atoms with E-state index in [4.69, 9.17) is 21.6 Å². The highest BCUT2D eigenvalue weighted by Gasteiger charge is 2.10. The number of benzene rings is 2. The van der Waals surface area contributed by atoms with Crippen molar-refractivity contribution in [1.29, 1.82) is 5.26 Å². The number of pyridine rings is 1. The molecule has 140 valence electrons. The summed E-state index contributed by atoms with van der Waals surface area (Å²) in [5.41, 5.74) is 3.18. The topological polar surface area (TPSA) is 87.0 Å². The number of halogens is 1. The normalized spacial score (nSPS) is 10.1. The highest BCUT2D eigenvalue weighted by atomic mass is 35.5. The monoisotopic (exact) mass is 392 g/mol. The molecule has 28 heavy (non-hydrogen) atoms. The van der Waals surface area contributed by atoms with Crippen LogP contribution in [0.4, 0.5) is 17.2 Å². The van der Waals surface area contributed by atoms with Crippen LogP contribution in [0, 0.1) is 18.3 Å². The smallest absolute Gasteiger partial charge is 0.257 e. The Balaban J connectivity index is 1.72. The fraction of sp³-hybridized carbons (Fsp3) is 0.0952. The van der Waals surface area contributed by atoms with Crippen molar-refractivity contribution in [1.82, 2.24) is 4.98 Å². The first-order valence-corrected chi connectivity index (χ1v) is 8.76. The highest BCUT2D eigenvalue weighted by molar-refractivity contribution is 6.31. The zero-order chi connectivity index (χ0) is 20.1. The molecule has 3 aromatic rings. The van der Waals surface area contributed by atoms with Crippen LogP contribution in [0.5, 0.6) is 5.75 Å². The second kappa shape index (κ2) is 8.42. The molecule has 0 spiro atoms. The van der Waals surface area contributed by atoms with Gasteiger partial charge in [-0.25, -0.2) is 4.98 Å². The largest absolute Gasteiger partial charge is 0.495 e. The van der Waals surface area contributed by atoms with Crippen molar-refractivity contribution >= 4 is 34.7 Å². The molecule has 0 bridgehead atoms. The Kier molecular flexibility index (Phi) is 5.78. The Morgan fingerprint density at radius 2 is 1.93 bits per heavy atom. The molecule has 0 aliphatic rings. The van der Waals surface area contributed by atoms with Gasteiger partial charge in [-0.2, -0.15) is 5.26 Å². The summed E-state index contributed by atoms with van der Waals surface area (Å²) in [4.78, 5) is 16.6. The number of carbonyl (C=O) groups is 1. The van der Waals surface area contributed by atoms with Crippen molar-refractivity contribution in [3.05, 3.63) is 76.4 Å². The zero-order valence-corrected chi connectivity index (χ0v) is 16.0. The average Bonchev–Trinajstić information content (AvgIpc) is 2.71. The van der Waals surface area contributed by atoms with Crippen LogP contribution in [0.2, 0.25) is 5.02 Å². The molecule has 0 saturated heterocycles. The van der Waals surface area contributed by atoms with E-state index in [1.165, 1.54) is 6.20 Å². The number of amides is 1. The lowest BCUT2D eigenvalue weighted by Crippen LogP contribution is -2.12. The van der Waals surface area contributed by atoms with Crippen LogP contribution in [-0.2, 0) is 0 Å². The summed E-state index contributed by atoms with van der Waals surface area (Å²) in [6, 6.07) is 15.6. The van der Waals surface area contributed by atoms with E-state index >= 15 is 0 Å². The fourth-order valence-corrected chi connectivity index (χ4v) is 2.65. The van der Waals surface area contributed by atoms with Gasteiger partial charge in [0.05, 0.1) is 30.0 Å². The van der Waals surface area contributed by atoms with Crippen LogP contribution in [0.1, 0.15) is 21.5 Å². The van der Waals surface area contributed by atoms with Gasteiger partial charge in [-0.1, -0.05) is 11.6 Å². The molecule has 0 saturated carbocycles. The van der Waals surface area contributed by atoms with Gasteiger partial charge in [-0.3, -0.25) is 4.79 Å². The number of nitriles is 1. The third kappa shape index (κ3) is 4.40. The Morgan fingerprint density at radius 1 is 1.18 bits per heavy atom. The first kappa shape index (κ1) is 19.2. The molecule has 0 aliphatic heterocycles. The van der Waals surface area contributed by atoms with Gasteiger partial charge in [0.1, 0.15) is 11.6 Å². The highest BCUT2D eigenvalue weighted by Crippen LogP contribution is 2.32. The third-order valence-electron chi connectivity index (χ3n) is 4.04. The van der Waals surface area contributed by atoms with Gasteiger partial charge >= 0.3 is 0 Å². The van der Waals surface area contributed by atoms with E-state index in [0.717, 1.165) is 11.3 Å². The Labute approximate surface area is 167 Å². The molecule has 3 rings (SSSR count). The predicted octanol–water partition coefficient (Wildman–Crippen LogP) is 4.92. The second-order valence-corrected chi connectivity index (χ2v) is 6.41. The molecule has 2 N–H and O–H groups in total. The number of rotatable bonds is 5. The molecule has 1 aromatic heterocycles. The minimum absolute atomic E-state index is 0.288. The number of aromatic nitrogens is 1. The molecular weight excluding hydrogens is 376 g/mol. The van der Waals surface area contributed by atoms with Gasteiger partial charge in [0.15, 0.2) is 0 Å². The number of ether oxygens (including phenoxy) is 1. The second-order valence-electron chi connectivity index (χ2n) is 6.00. The van der Waals surface area contributed by atoms with Crippen molar-refractivity contribution in [3.63, 3.8) is 0 Å². The molecule has 1 amide bonds. The first-order chi connectivity index (χ1) is 13.5. The van der Waals surface area contributed by atoms with Gasteiger partial charge in [0, 0.05) is 23.0 Å². The van der Waals surface area contributed by atoms with Gasteiger partial charge in [-0.05, 0) is 55.0 Å². The van der Waals surface area contributed by atoms with Crippen LogP contribution in [0.15, 0.2) is 54.7 Å². The average molecular weight is 393 g/mol. The summed E-state index contributed by atoms with van der Waals surface area (Å²) < 4.78 is 5.34. The summed E-state index contributed by atoms with van der Waals surface area (Å²) in [7, 11) is 1.57. The number of hydrogen-bond donors (Lipinski definition) is 2. The minimum Gasteiger partial charge on any atom is -0.495 e. The van der Waals surface area contributed by atoms with E-state index in [2.05, 4.69) is 15.6 Å². The predicted molar refractivity (Wildman–Crippen MR) is 109 cm³/mol. The maximum atomic E-state index is 12.3. The van der Waals surface area contributed by atoms with E-state index < -0.39 is 0 Å². The summed E-state index contributed by atoms with van der Waals surface area (Å²) in [6.45, 7) is 1.90. The number of carbonyl (C=O) groups excluding carboxylic acids is 1. The lowest BCUT2D eigenvalue weighted by atomic mass is 10.2. The van der Waals surface area contributed by atoms with E-state index in [0.29, 0.717) is 33.4 Å². The quantitative estimate of drug-likeness (QED) is 0.643. The standard InChI is InChI=1S/C21H17ClN4O2/c1-13-9-18(19(28-2)10-17(13)22)26-20-8-5-15(12-24-20)21(27)25-16-6-3-14(11-23)4-7-16/h3-10,12H,1-2H3,(H,24,26)(H,25,27). The van der Waals surface area contributed by atoms with E-state index in [-0.39, 0.29) is 5.91 Å². The molecule has 0 radical (unpaired) electrons. The van der Waals surface area contributed by atoms with Crippen molar-refractivity contribution in [3.8, 4) is 11.8 Å². The Morgan fingerprint density at radius 3 is 2.54 bits per heavy atom. The Hall–Kier alpha value is -3.56. The Bertz CT molecular complexity index is 1040. The number of nitrogens with zero attached hydrogens (tertiary/aromatic N) is 2. The number of anilines is 3. The van der Waals surface area contributed by atoms with E-state index in [9.17, 15) is 4.79 Å². The summed E-state index contributed by atoms with van der Waals surface area (Å²) in [5.74, 6) is 0.874. The number of nitrogens with one attached hydrogen (secondary N) is 2. The SMILES string of the molecule is COc1cc(Cl)c(C)cc1Nc1ccc(C(=O)Nc2ccc(C#N)cc2)cn1. The van der Waals surface area contributed by atoms with Crippen molar-refractivity contribution < 1.29 is 9.53 Å². The van der Waals surface area contributed by atoms with Gasteiger partial charge in [0.2, 0.25) is 0 Å². The summed E-state index contributed by atoms with van der Waals surface area (Å²) in [6.07, 6.45) is 1.48. The molecule has 7 heteroatoms. The van der Waals surface area contributed by atoms with Crippen molar-refractivity contribution in [2.75, 3.05) is 17.7 Å². The number of methoxy groups -OCH3 is 1. The minimum atomic E-state index is -0.288. The molecule has 0 fully saturated rings. The van der Waals surface area contributed by atoms with Gasteiger partial charge < -0.3 is 15.4 Å². The molecule has 1 heterocycles. The lowest BCUT2D eigenvalue weighted by Gasteiger charge is -2.13. The van der Waals surface area contributed by atoms with Crippen LogP contribution >= 0.6 is 11.6 Å². The zero-order valence-electron chi connectivity index (χ0n) is 15.3. The molecular formula is C21H17ClN4O2. The van der Waals surface area contributed by atoms with Crippen LogP contribution in [0.3, 0.4) is 0 Å². The van der Waals surface area contributed by atoms with Gasteiger partial charge in [-0.15, -0.1) is 0 Å². The van der Waals surface area contributed by atoms with Gasteiger partial charge in [0.25, 0.3) is 5.91 Å². The number of aryl methyl sites for hydroxylation is 1. The van der Waals surface area contributed by atoms with Crippen LogP contribution in [-0.4, -0.2) is 18.0 Å². The van der Waals surface area contributed by atoms with E-state index in [1.807, 2.05) is 19.1 Å². The third-order valence-corrected chi connectivity index (χ3v) is 4.45. The lowest BCUT2D eigenvalue weighted by molar-refractivity contribution is 0.102. The van der Waals surface area contributed by atoms with Crippen molar-refractivity contribution in [2.45, 2.75) is 6.92 Å².